The van der Waals surface area contributed by atoms with Gasteiger partial charge in [0.1, 0.15) is 24.8 Å². The van der Waals surface area contributed by atoms with E-state index in [9.17, 15) is 32.3 Å². The maximum Gasteiger partial charge on any atom is 0.472 e. The quantitative estimate of drug-likeness (QED) is 0.151. The monoisotopic (exact) mass is 829 g/mol. The van der Waals surface area contributed by atoms with E-state index >= 15 is 0 Å². The first-order valence-corrected chi connectivity index (χ1v) is 20.5. The van der Waals surface area contributed by atoms with Crippen LogP contribution in [-0.4, -0.2) is 102 Å². The molecule has 1 aromatic carbocycles. The second kappa shape index (κ2) is 15.0. The number of fused-ring (bicyclic) bond motifs is 5. The molecule has 0 aliphatic carbocycles. The molecule has 3 fully saturated rings. The van der Waals surface area contributed by atoms with Gasteiger partial charge < -0.3 is 19.7 Å². The molecule has 57 heavy (non-hydrogen) atoms. The van der Waals surface area contributed by atoms with Gasteiger partial charge in [-0.15, -0.1) is 0 Å². The lowest BCUT2D eigenvalue weighted by Gasteiger charge is -2.25. The number of hydrogen-bond donors (Lipinski definition) is 5. The van der Waals surface area contributed by atoms with Crippen molar-refractivity contribution in [3.8, 4) is 0 Å². The van der Waals surface area contributed by atoms with Crippen molar-refractivity contribution in [2.75, 3.05) is 23.8 Å². The fourth-order valence-electron chi connectivity index (χ4n) is 6.68. The summed E-state index contributed by atoms with van der Waals surface area (Å²) < 4.78 is 74.5. The third-order valence-electron chi connectivity index (χ3n) is 9.69. The Labute approximate surface area is 322 Å². The average molecular weight is 830 g/mol. The summed E-state index contributed by atoms with van der Waals surface area (Å²) >= 11 is 0. The Bertz CT molecular complexity index is 2570. The number of nitrogens with zero attached hydrogens (tertiary/aromatic N) is 7. The predicted molar refractivity (Wildman–Crippen MR) is 195 cm³/mol. The first-order chi connectivity index (χ1) is 27.2. The number of H-pyrrole nitrogens is 1. The van der Waals surface area contributed by atoms with Gasteiger partial charge >= 0.3 is 18.1 Å². The third-order valence-corrected chi connectivity index (χ3v) is 11.7. The summed E-state index contributed by atoms with van der Waals surface area (Å²) in [6.07, 6.45) is -1.98. The Balaban J connectivity index is 1.05. The largest absolute Gasteiger partial charge is 0.472 e. The van der Waals surface area contributed by atoms with Crippen LogP contribution in [0.25, 0.3) is 22.3 Å². The number of aromatic amines is 1. The summed E-state index contributed by atoms with van der Waals surface area (Å²) in [4.78, 5) is 72.9. The van der Waals surface area contributed by atoms with E-state index in [2.05, 4.69) is 45.3 Å². The molecule has 23 nitrogen and oxygen atoms in total. The van der Waals surface area contributed by atoms with Crippen LogP contribution >= 0.6 is 7.82 Å². The highest BCUT2D eigenvalue weighted by atomic mass is 32.2. The zero-order valence-corrected chi connectivity index (χ0v) is 32.0. The number of carbonyl (C=O) groups excluding carboxylic acids is 2. The SMILES string of the molecule is CC(C)C(=O)Nc1nc2c(ncn2[C@@H]2O[C@@H]3COS(=O)(=O)N[C@H]4C[C@H](n5cnc6c(NC(=O)c7ccccc7)ncnc65)O[C@@H]4COP(=O)(O)O[C@@H]2[C@@H]3C)c(=O)[nH]1. The van der Waals surface area contributed by atoms with Gasteiger partial charge in [-0.2, -0.15) is 18.1 Å². The molecule has 3 aliphatic heterocycles. The van der Waals surface area contributed by atoms with E-state index in [-0.39, 0.29) is 40.5 Å². The molecular weight excluding hydrogens is 793 g/mol. The van der Waals surface area contributed by atoms with E-state index in [1.54, 1.807) is 51.1 Å². The van der Waals surface area contributed by atoms with Gasteiger partial charge in [-0.3, -0.25) is 47.0 Å². The van der Waals surface area contributed by atoms with Crippen LogP contribution in [0, 0.1) is 11.8 Å². The lowest BCUT2D eigenvalue weighted by atomic mass is 10.0. The fourth-order valence-corrected chi connectivity index (χ4v) is 8.68. The predicted octanol–water partition coefficient (Wildman–Crippen LogP) is 1.36. The van der Waals surface area contributed by atoms with Crippen molar-refractivity contribution in [1.82, 2.24) is 43.8 Å². The molecule has 4 aromatic heterocycles. The Morgan fingerprint density at radius 1 is 0.982 bits per heavy atom. The maximum atomic E-state index is 13.6. The lowest BCUT2D eigenvalue weighted by molar-refractivity contribution is -0.118. The van der Waals surface area contributed by atoms with Crippen LogP contribution in [-0.2, 0) is 42.4 Å². The van der Waals surface area contributed by atoms with Crippen molar-refractivity contribution in [2.24, 2.45) is 11.8 Å². The van der Waals surface area contributed by atoms with Gasteiger partial charge in [0.2, 0.25) is 11.9 Å². The van der Waals surface area contributed by atoms with Crippen LogP contribution in [0.5, 0.6) is 0 Å². The van der Waals surface area contributed by atoms with Crippen LogP contribution in [0.4, 0.5) is 11.8 Å². The van der Waals surface area contributed by atoms with Crippen LogP contribution in [0.15, 0.2) is 54.1 Å². The highest BCUT2D eigenvalue weighted by Gasteiger charge is 2.50. The number of phosphoric acid groups is 1. The summed E-state index contributed by atoms with van der Waals surface area (Å²) in [6.45, 7) is 3.71. The Kier molecular flexibility index (Phi) is 10.2. The number of carbonyl (C=O) groups is 2. The van der Waals surface area contributed by atoms with Crippen molar-refractivity contribution >= 4 is 64.0 Å². The summed E-state index contributed by atoms with van der Waals surface area (Å²) in [5, 5.41) is 5.23. The fraction of sp³-hybridized carbons (Fsp3) is 0.438. The van der Waals surface area contributed by atoms with Gasteiger partial charge in [0, 0.05) is 23.8 Å². The molecule has 8 rings (SSSR count). The number of ether oxygens (including phenoxy) is 2. The van der Waals surface area contributed by atoms with E-state index in [4.69, 9.17) is 22.7 Å². The van der Waals surface area contributed by atoms with E-state index in [1.807, 2.05) is 0 Å². The first-order valence-electron chi connectivity index (χ1n) is 17.6. The second-order valence-corrected chi connectivity index (χ2v) is 16.6. The molecule has 5 aromatic rings. The number of nitrogens with one attached hydrogen (secondary N) is 4. The molecule has 5 N–H and O–H groups in total. The van der Waals surface area contributed by atoms with E-state index in [0.29, 0.717) is 5.56 Å². The number of aromatic nitrogens is 8. The normalized spacial score (nSPS) is 29.0. The van der Waals surface area contributed by atoms with E-state index in [1.165, 1.54) is 28.1 Å². The van der Waals surface area contributed by atoms with Gasteiger partial charge in [-0.1, -0.05) is 39.0 Å². The van der Waals surface area contributed by atoms with Gasteiger partial charge in [0.05, 0.1) is 38.0 Å². The standard InChI is InChI=1S/C32H36N11O12PS/c1-15(2)28(44)39-32-38-27-23(30(46)40-32)36-14-43(27)31-24-16(3)19(54-31)11-52-57(49,50)41-18-9-21(53-20(18)10-51-56(47,48)55-24)42-13-35-22-25(33-12-34-26(22)42)37-29(45)17-7-5-4-6-8-17/h4-8,12-16,18-21,24,31,41H,9-11H2,1-3H3,(H,47,48)(H,33,34,37,45)(H2,38,39,40,44,46)/t16-,18+,19-,20-,21-,24-,31-/m1/s1. The third kappa shape index (κ3) is 7.82. The minimum atomic E-state index is -4.97. The second-order valence-electron chi connectivity index (χ2n) is 13.8. The number of benzene rings is 1. The van der Waals surface area contributed by atoms with Crippen molar-refractivity contribution in [1.29, 1.82) is 0 Å². The summed E-state index contributed by atoms with van der Waals surface area (Å²) in [6, 6.07) is 7.43. The van der Waals surface area contributed by atoms with Gasteiger partial charge in [0.25, 0.3) is 11.5 Å². The zero-order chi connectivity index (χ0) is 40.2. The van der Waals surface area contributed by atoms with Gasteiger partial charge in [-0.25, -0.2) is 24.5 Å². The summed E-state index contributed by atoms with van der Waals surface area (Å²) in [7, 11) is -9.49. The molecule has 2 amide bonds. The number of hydrogen-bond acceptors (Lipinski definition) is 16. The lowest BCUT2D eigenvalue weighted by Crippen LogP contribution is -2.43. The molecule has 0 saturated carbocycles. The van der Waals surface area contributed by atoms with Crippen molar-refractivity contribution in [3.05, 3.63) is 65.2 Å². The van der Waals surface area contributed by atoms with Crippen LogP contribution in [0.3, 0.4) is 0 Å². The molecule has 25 heteroatoms. The molecule has 3 saturated heterocycles. The number of amides is 2. The molecule has 1 unspecified atom stereocenters. The minimum absolute atomic E-state index is 0.0329. The number of phosphoric ester groups is 1. The van der Waals surface area contributed by atoms with Crippen molar-refractivity contribution in [2.45, 2.75) is 64.0 Å². The molecule has 302 valence electrons. The van der Waals surface area contributed by atoms with Crippen LogP contribution < -0.4 is 20.9 Å². The van der Waals surface area contributed by atoms with E-state index < -0.39 is 97.4 Å². The maximum absolute atomic E-state index is 13.6. The van der Waals surface area contributed by atoms with E-state index in [0.717, 1.165) is 0 Å². The molecule has 7 heterocycles. The summed E-state index contributed by atoms with van der Waals surface area (Å²) in [5.74, 6) is -2.14. The summed E-state index contributed by atoms with van der Waals surface area (Å²) in [5.41, 5.74) is -0.0279. The minimum Gasteiger partial charge on any atom is -0.351 e. The number of anilines is 2. The average Bonchev–Trinajstić information content (AvgIpc) is 3.95. The highest BCUT2D eigenvalue weighted by molar-refractivity contribution is 7.84. The topological polar surface area (TPSA) is 295 Å². The van der Waals surface area contributed by atoms with Gasteiger partial charge in [0.15, 0.2) is 34.4 Å². The molecule has 0 radical (unpaired) electrons. The first kappa shape index (κ1) is 38.8. The van der Waals surface area contributed by atoms with Gasteiger partial charge in [-0.05, 0) is 12.1 Å². The smallest absolute Gasteiger partial charge is 0.351 e. The van der Waals surface area contributed by atoms with Crippen molar-refractivity contribution < 1.29 is 50.2 Å². The molecular formula is C32H36N11O12PS. The highest BCUT2D eigenvalue weighted by Crippen LogP contribution is 2.51. The van der Waals surface area contributed by atoms with Crippen LogP contribution in [0.2, 0.25) is 0 Å². The number of imidazole rings is 2. The van der Waals surface area contributed by atoms with Crippen molar-refractivity contribution in [3.63, 3.8) is 0 Å². The zero-order valence-electron chi connectivity index (χ0n) is 30.3. The molecule has 8 atom stereocenters. The Hall–Kier alpha value is -5.04. The van der Waals surface area contributed by atoms with Crippen LogP contribution in [0.1, 0.15) is 50.0 Å². The molecule has 3 aliphatic rings. The Morgan fingerprint density at radius 2 is 1.74 bits per heavy atom. The molecule has 0 spiro atoms. The number of rotatable bonds is 6. The Morgan fingerprint density at radius 3 is 2.51 bits per heavy atom. The molecule has 2 bridgehead atoms.